The highest BCUT2D eigenvalue weighted by Crippen LogP contribution is 1.94. The SMILES string of the molecule is CCS(=O)CC(F)F. The van der Waals surface area contributed by atoms with Gasteiger partial charge in [-0.25, -0.2) is 8.78 Å². The van der Waals surface area contributed by atoms with E-state index >= 15 is 0 Å². The first-order valence-corrected chi connectivity index (χ1v) is 3.78. The Morgan fingerprint density at radius 1 is 1.62 bits per heavy atom. The van der Waals surface area contributed by atoms with Gasteiger partial charge < -0.3 is 0 Å². The summed E-state index contributed by atoms with van der Waals surface area (Å²) in [4.78, 5) is 0. The first kappa shape index (κ1) is 8.01. The molecule has 0 spiro atoms. The van der Waals surface area contributed by atoms with Crippen LogP contribution in [0.1, 0.15) is 6.92 Å². The van der Waals surface area contributed by atoms with E-state index in [0.29, 0.717) is 5.75 Å². The molecule has 1 atom stereocenters. The minimum Gasteiger partial charge on any atom is -0.259 e. The second kappa shape index (κ2) is 3.95. The average Bonchev–Trinajstić information content (AvgIpc) is 1.65. The summed E-state index contributed by atoms with van der Waals surface area (Å²) in [5, 5.41) is 0. The lowest BCUT2D eigenvalue weighted by molar-refractivity contribution is 0.175. The van der Waals surface area contributed by atoms with Gasteiger partial charge in [0.1, 0.15) is 0 Å². The van der Waals surface area contributed by atoms with E-state index in [9.17, 15) is 13.0 Å². The Balaban J connectivity index is 3.25. The van der Waals surface area contributed by atoms with Crippen LogP contribution >= 0.6 is 0 Å². The highest BCUT2D eigenvalue weighted by atomic mass is 32.2. The van der Waals surface area contributed by atoms with Crippen LogP contribution in [0.5, 0.6) is 0 Å². The molecular formula is C4H8F2OS. The van der Waals surface area contributed by atoms with Crippen molar-refractivity contribution in [2.75, 3.05) is 11.5 Å². The van der Waals surface area contributed by atoms with Crippen molar-refractivity contribution in [1.82, 2.24) is 0 Å². The lowest BCUT2D eigenvalue weighted by Crippen LogP contribution is -2.07. The van der Waals surface area contributed by atoms with Crippen molar-refractivity contribution in [2.45, 2.75) is 13.3 Å². The van der Waals surface area contributed by atoms with Gasteiger partial charge in [0.25, 0.3) is 0 Å². The largest absolute Gasteiger partial charge is 0.259 e. The van der Waals surface area contributed by atoms with Crippen LogP contribution in [-0.2, 0) is 10.8 Å². The van der Waals surface area contributed by atoms with E-state index in [2.05, 4.69) is 0 Å². The van der Waals surface area contributed by atoms with E-state index in [-0.39, 0.29) is 0 Å². The van der Waals surface area contributed by atoms with Crippen molar-refractivity contribution in [3.05, 3.63) is 0 Å². The number of halogens is 2. The number of hydrogen-bond donors (Lipinski definition) is 0. The zero-order chi connectivity index (χ0) is 6.57. The van der Waals surface area contributed by atoms with E-state index in [4.69, 9.17) is 0 Å². The molecule has 0 heterocycles. The van der Waals surface area contributed by atoms with Crippen LogP contribution in [0.25, 0.3) is 0 Å². The van der Waals surface area contributed by atoms with Gasteiger partial charge >= 0.3 is 0 Å². The summed E-state index contributed by atoms with van der Waals surface area (Å²) in [6.07, 6.45) is -2.42. The first-order chi connectivity index (χ1) is 3.66. The van der Waals surface area contributed by atoms with Crippen LogP contribution in [-0.4, -0.2) is 22.1 Å². The summed E-state index contributed by atoms with van der Waals surface area (Å²) in [7, 11) is -1.31. The Kier molecular flexibility index (Phi) is 3.95. The molecule has 0 N–H and O–H groups in total. The van der Waals surface area contributed by atoms with Crippen molar-refractivity contribution in [3.8, 4) is 0 Å². The summed E-state index contributed by atoms with van der Waals surface area (Å²) in [6.45, 7) is 1.62. The molecule has 4 heteroatoms. The second-order valence-electron chi connectivity index (χ2n) is 1.29. The normalized spacial score (nSPS) is 14.5. The van der Waals surface area contributed by atoms with Crippen molar-refractivity contribution in [2.24, 2.45) is 0 Å². The second-order valence-corrected chi connectivity index (χ2v) is 3.08. The maximum Gasteiger partial charge on any atom is 0.250 e. The average molecular weight is 142 g/mol. The summed E-state index contributed by atoms with van der Waals surface area (Å²) in [5.41, 5.74) is 0. The molecular weight excluding hydrogens is 134 g/mol. The van der Waals surface area contributed by atoms with Crippen LogP contribution in [0.15, 0.2) is 0 Å². The molecule has 0 saturated heterocycles. The van der Waals surface area contributed by atoms with Gasteiger partial charge in [-0.2, -0.15) is 0 Å². The highest BCUT2D eigenvalue weighted by Gasteiger charge is 2.05. The van der Waals surface area contributed by atoms with Crippen LogP contribution in [0.3, 0.4) is 0 Å². The van der Waals surface area contributed by atoms with Gasteiger partial charge in [-0.1, -0.05) is 6.92 Å². The van der Waals surface area contributed by atoms with Crippen molar-refractivity contribution < 1.29 is 13.0 Å². The van der Waals surface area contributed by atoms with Gasteiger partial charge in [0, 0.05) is 16.6 Å². The molecule has 0 aliphatic rings. The van der Waals surface area contributed by atoms with Crippen LogP contribution in [0.4, 0.5) is 8.78 Å². The maximum atomic E-state index is 11.3. The summed E-state index contributed by atoms with van der Waals surface area (Å²) < 4.78 is 32.8. The summed E-state index contributed by atoms with van der Waals surface area (Å²) in [6, 6.07) is 0. The van der Waals surface area contributed by atoms with Gasteiger partial charge in [-0.15, -0.1) is 0 Å². The van der Waals surface area contributed by atoms with Gasteiger partial charge in [0.15, 0.2) is 0 Å². The standard InChI is InChI=1S/C4H8F2OS/c1-2-8(7)3-4(5)6/h4H,2-3H2,1H3. The fourth-order valence-corrected chi connectivity index (χ4v) is 0.775. The lowest BCUT2D eigenvalue weighted by Gasteiger charge is -1.93. The Hall–Kier alpha value is 0.01000. The Morgan fingerprint density at radius 2 is 2.12 bits per heavy atom. The van der Waals surface area contributed by atoms with Crippen molar-refractivity contribution in [1.29, 1.82) is 0 Å². The summed E-state index contributed by atoms with van der Waals surface area (Å²) >= 11 is 0. The Morgan fingerprint density at radius 3 is 2.25 bits per heavy atom. The fourth-order valence-electron chi connectivity index (χ4n) is 0.258. The van der Waals surface area contributed by atoms with Gasteiger partial charge in [0.2, 0.25) is 6.43 Å². The smallest absolute Gasteiger partial charge is 0.250 e. The van der Waals surface area contributed by atoms with Gasteiger partial charge in [-0.3, -0.25) is 4.21 Å². The zero-order valence-corrected chi connectivity index (χ0v) is 5.38. The molecule has 0 aliphatic heterocycles. The minimum absolute atomic E-state index is 0.324. The Bertz CT molecular complexity index is 84.1. The topological polar surface area (TPSA) is 17.1 Å². The van der Waals surface area contributed by atoms with E-state index in [0.717, 1.165) is 0 Å². The molecule has 50 valence electrons. The predicted molar refractivity (Wildman–Crippen MR) is 29.6 cm³/mol. The molecule has 0 aromatic carbocycles. The molecule has 0 aromatic rings. The molecule has 1 unspecified atom stereocenters. The zero-order valence-electron chi connectivity index (χ0n) is 4.56. The maximum absolute atomic E-state index is 11.3. The minimum atomic E-state index is -2.42. The number of alkyl halides is 2. The molecule has 0 rings (SSSR count). The summed E-state index contributed by atoms with van der Waals surface area (Å²) in [5.74, 6) is -0.152. The molecule has 0 saturated carbocycles. The molecule has 1 nitrogen and oxygen atoms in total. The van der Waals surface area contributed by atoms with Gasteiger partial charge in [0.05, 0.1) is 5.75 Å². The molecule has 0 radical (unpaired) electrons. The fraction of sp³-hybridized carbons (Fsp3) is 1.00. The lowest BCUT2D eigenvalue weighted by atomic mass is 10.9. The third-order valence-corrected chi connectivity index (χ3v) is 1.90. The molecule has 8 heavy (non-hydrogen) atoms. The van der Waals surface area contributed by atoms with E-state index in [1.807, 2.05) is 0 Å². The molecule has 0 aliphatic carbocycles. The van der Waals surface area contributed by atoms with Gasteiger partial charge in [-0.05, 0) is 0 Å². The molecule has 0 fully saturated rings. The number of rotatable bonds is 3. The highest BCUT2D eigenvalue weighted by molar-refractivity contribution is 7.84. The quantitative estimate of drug-likeness (QED) is 0.575. The molecule has 0 bridgehead atoms. The molecule has 0 amide bonds. The van der Waals surface area contributed by atoms with Crippen LogP contribution < -0.4 is 0 Å². The van der Waals surface area contributed by atoms with E-state index < -0.39 is 23.0 Å². The van der Waals surface area contributed by atoms with E-state index in [1.165, 1.54) is 0 Å². The van der Waals surface area contributed by atoms with Crippen molar-refractivity contribution >= 4 is 10.8 Å². The first-order valence-electron chi connectivity index (χ1n) is 2.30. The van der Waals surface area contributed by atoms with Crippen LogP contribution in [0, 0.1) is 0 Å². The molecule has 0 aromatic heterocycles. The monoisotopic (exact) mass is 142 g/mol. The van der Waals surface area contributed by atoms with E-state index in [1.54, 1.807) is 6.92 Å². The number of hydrogen-bond acceptors (Lipinski definition) is 1. The van der Waals surface area contributed by atoms with Crippen molar-refractivity contribution in [3.63, 3.8) is 0 Å². The third kappa shape index (κ3) is 4.18. The third-order valence-electron chi connectivity index (χ3n) is 0.634. The Labute approximate surface area is 49.5 Å². The van der Waals surface area contributed by atoms with Crippen LogP contribution in [0.2, 0.25) is 0 Å². The predicted octanol–water partition coefficient (Wildman–Crippen LogP) is 1.02.